The van der Waals surface area contributed by atoms with E-state index in [1.165, 1.54) is 75.9 Å². The van der Waals surface area contributed by atoms with Crippen LogP contribution < -0.4 is 0 Å². The van der Waals surface area contributed by atoms with Crippen molar-refractivity contribution in [3.8, 4) is 11.1 Å². The fraction of sp³-hybridized carbons (Fsp3) is 0.333. The molecule has 3 heteroatoms. The number of alkyl halides is 3. The van der Waals surface area contributed by atoms with Crippen molar-refractivity contribution in [1.82, 2.24) is 0 Å². The zero-order valence-electron chi connectivity index (χ0n) is 22.3. The van der Waals surface area contributed by atoms with Gasteiger partial charge in [0.2, 0.25) is 0 Å². The monoisotopic (exact) mass is 522 g/mol. The van der Waals surface area contributed by atoms with Crippen LogP contribution >= 0.6 is 0 Å². The maximum atomic E-state index is 13.6. The summed E-state index contributed by atoms with van der Waals surface area (Å²) in [6.07, 6.45) is 3.54. The van der Waals surface area contributed by atoms with Gasteiger partial charge in [0.05, 0.1) is 5.56 Å². The van der Waals surface area contributed by atoms with Crippen LogP contribution in [0.1, 0.15) is 82.5 Å². The number of fused-ring (bicyclic) bond motifs is 5. The highest BCUT2D eigenvalue weighted by Crippen LogP contribution is 2.57. The molecule has 0 spiro atoms. The van der Waals surface area contributed by atoms with Crippen LogP contribution in [-0.2, 0) is 24.4 Å². The zero-order valence-corrected chi connectivity index (χ0v) is 22.3. The van der Waals surface area contributed by atoms with Gasteiger partial charge in [-0.05, 0) is 113 Å². The average Bonchev–Trinajstić information content (AvgIpc) is 3.77. The first-order valence-corrected chi connectivity index (χ1v) is 14.3. The second kappa shape index (κ2) is 9.11. The standard InChI is InChI=1S/C36H33F3/c1-23-6-2-5-9-32(23)35(27-13-15-28(16-14-27)36(37,38)39)21-20-26(22-24-10-11-24)34-31-17-12-25-7-3-4-8-29(25)30(31)18-19-33(34)35/h2-9,13-16,18-19,24,26H,10-12,17,20-22H2,1H3/t26-,35-/m0/s1. The predicted molar refractivity (Wildman–Crippen MR) is 151 cm³/mol. The van der Waals surface area contributed by atoms with Crippen molar-refractivity contribution >= 4 is 0 Å². The van der Waals surface area contributed by atoms with Gasteiger partial charge in [-0.2, -0.15) is 13.2 Å². The molecule has 198 valence electrons. The molecule has 0 unspecified atom stereocenters. The number of halogens is 3. The molecule has 4 aromatic rings. The van der Waals surface area contributed by atoms with Crippen molar-refractivity contribution < 1.29 is 13.2 Å². The lowest BCUT2D eigenvalue weighted by molar-refractivity contribution is -0.137. The van der Waals surface area contributed by atoms with Crippen molar-refractivity contribution in [2.45, 2.75) is 69.4 Å². The summed E-state index contributed by atoms with van der Waals surface area (Å²) in [5.41, 5.74) is 10.7. The quantitative estimate of drug-likeness (QED) is 0.250. The normalized spacial score (nSPS) is 22.1. The minimum atomic E-state index is -4.35. The number of hydrogen-bond donors (Lipinski definition) is 0. The molecule has 0 N–H and O–H groups in total. The number of rotatable bonds is 4. The lowest BCUT2D eigenvalue weighted by Crippen LogP contribution is -2.37. The Kier molecular flexibility index (Phi) is 5.77. The van der Waals surface area contributed by atoms with Gasteiger partial charge in [-0.25, -0.2) is 0 Å². The van der Waals surface area contributed by atoms with E-state index < -0.39 is 17.2 Å². The van der Waals surface area contributed by atoms with Gasteiger partial charge in [-0.15, -0.1) is 0 Å². The molecule has 7 rings (SSSR count). The molecule has 0 bridgehead atoms. The SMILES string of the molecule is Cc1ccccc1[C@@]1(c2ccc(C(F)(F)F)cc2)CC[C@@H](CC2CC2)c2c1ccc1c2CCc2ccccc2-1. The molecule has 1 saturated carbocycles. The molecule has 3 aliphatic rings. The van der Waals surface area contributed by atoms with Crippen LogP contribution in [0.4, 0.5) is 13.2 Å². The van der Waals surface area contributed by atoms with E-state index in [2.05, 4.69) is 67.6 Å². The topological polar surface area (TPSA) is 0 Å². The van der Waals surface area contributed by atoms with Crippen LogP contribution in [-0.4, -0.2) is 0 Å². The van der Waals surface area contributed by atoms with Crippen molar-refractivity contribution in [2.24, 2.45) is 5.92 Å². The van der Waals surface area contributed by atoms with E-state index in [1.807, 2.05) is 0 Å². The summed E-state index contributed by atoms with van der Waals surface area (Å²) < 4.78 is 40.7. The van der Waals surface area contributed by atoms with Crippen LogP contribution in [0.15, 0.2) is 84.9 Å². The van der Waals surface area contributed by atoms with E-state index in [-0.39, 0.29) is 0 Å². The molecule has 39 heavy (non-hydrogen) atoms. The Bertz CT molecular complexity index is 1540. The first-order chi connectivity index (χ1) is 18.9. The van der Waals surface area contributed by atoms with E-state index in [9.17, 15) is 13.2 Å². The van der Waals surface area contributed by atoms with Gasteiger partial charge >= 0.3 is 6.18 Å². The van der Waals surface area contributed by atoms with Gasteiger partial charge in [0.15, 0.2) is 0 Å². The third kappa shape index (κ3) is 4.04. The molecule has 1 fully saturated rings. The summed E-state index contributed by atoms with van der Waals surface area (Å²) in [6, 6.07) is 27.9. The van der Waals surface area contributed by atoms with Crippen LogP contribution in [0.2, 0.25) is 0 Å². The van der Waals surface area contributed by atoms with E-state index in [4.69, 9.17) is 0 Å². The second-order valence-electron chi connectivity index (χ2n) is 11.9. The molecule has 0 saturated heterocycles. The Morgan fingerprint density at radius 2 is 1.49 bits per heavy atom. The molecule has 0 aromatic heterocycles. The highest BCUT2D eigenvalue weighted by molar-refractivity contribution is 5.77. The lowest BCUT2D eigenvalue weighted by atomic mass is 9.57. The Hall–Kier alpha value is -3.33. The third-order valence-electron chi connectivity index (χ3n) is 9.67. The summed E-state index contributed by atoms with van der Waals surface area (Å²) in [6.45, 7) is 2.14. The summed E-state index contributed by atoms with van der Waals surface area (Å²) in [4.78, 5) is 0. The van der Waals surface area contributed by atoms with Gasteiger partial charge in [-0.3, -0.25) is 0 Å². The molecule has 3 aliphatic carbocycles. The first kappa shape index (κ1) is 24.7. The second-order valence-corrected chi connectivity index (χ2v) is 11.9. The molecular weight excluding hydrogens is 489 g/mol. The van der Waals surface area contributed by atoms with E-state index in [0.717, 1.165) is 37.2 Å². The summed E-state index contributed by atoms with van der Waals surface area (Å²) >= 11 is 0. The molecule has 4 aromatic carbocycles. The molecule has 0 aliphatic heterocycles. The number of hydrogen-bond acceptors (Lipinski definition) is 0. The molecule has 2 atom stereocenters. The lowest BCUT2D eigenvalue weighted by Gasteiger charge is -2.46. The maximum absolute atomic E-state index is 13.6. The van der Waals surface area contributed by atoms with E-state index >= 15 is 0 Å². The number of benzene rings is 4. The summed E-state index contributed by atoms with van der Waals surface area (Å²) in [5.74, 6) is 1.31. The third-order valence-corrected chi connectivity index (χ3v) is 9.67. The Morgan fingerprint density at radius 3 is 2.23 bits per heavy atom. The van der Waals surface area contributed by atoms with Crippen molar-refractivity contribution in [2.75, 3.05) is 0 Å². The molecule has 0 nitrogen and oxygen atoms in total. The first-order valence-electron chi connectivity index (χ1n) is 14.3. The highest BCUT2D eigenvalue weighted by atomic mass is 19.4. The van der Waals surface area contributed by atoms with Crippen molar-refractivity contribution in [1.29, 1.82) is 0 Å². The molecule has 0 heterocycles. The van der Waals surface area contributed by atoms with Gasteiger partial charge in [0.1, 0.15) is 0 Å². The zero-order chi connectivity index (χ0) is 26.8. The average molecular weight is 523 g/mol. The minimum absolute atomic E-state index is 0.475. The molecule has 0 radical (unpaired) electrons. The maximum Gasteiger partial charge on any atom is 0.416 e. The molecule has 0 amide bonds. The fourth-order valence-electron chi connectivity index (χ4n) is 7.68. The Labute approximate surface area is 228 Å². The Balaban J connectivity index is 1.50. The minimum Gasteiger partial charge on any atom is -0.166 e. The van der Waals surface area contributed by atoms with Crippen molar-refractivity contribution in [3.05, 3.63) is 129 Å². The van der Waals surface area contributed by atoms with Gasteiger partial charge < -0.3 is 0 Å². The van der Waals surface area contributed by atoms with E-state index in [1.54, 1.807) is 12.1 Å². The predicted octanol–water partition coefficient (Wildman–Crippen LogP) is 9.79. The summed E-state index contributed by atoms with van der Waals surface area (Å²) in [7, 11) is 0. The summed E-state index contributed by atoms with van der Waals surface area (Å²) in [5, 5.41) is 0. The Morgan fingerprint density at radius 1 is 0.744 bits per heavy atom. The highest BCUT2D eigenvalue weighted by Gasteiger charge is 2.46. The largest absolute Gasteiger partial charge is 0.416 e. The number of aryl methyl sites for hydroxylation is 2. The van der Waals surface area contributed by atoms with Crippen LogP contribution in [0, 0.1) is 12.8 Å². The van der Waals surface area contributed by atoms with Crippen molar-refractivity contribution in [3.63, 3.8) is 0 Å². The fourth-order valence-corrected chi connectivity index (χ4v) is 7.68. The van der Waals surface area contributed by atoms with Gasteiger partial charge in [-0.1, -0.05) is 85.6 Å². The van der Waals surface area contributed by atoms with Crippen LogP contribution in [0.5, 0.6) is 0 Å². The van der Waals surface area contributed by atoms with Crippen LogP contribution in [0.25, 0.3) is 11.1 Å². The van der Waals surface area contributed by atoms with E-state index in [0.29, 0.717) is 5.92 Å². The van der Waals surface area contributed by atoms with Gasteiger partial charge in [0, 0.05) is 5.41 Å². The van der Waals surface area contributed by atoms with Crippen LogP contribution in [0.3, 0.4) is 0 Å². The molecular formula is C36H33F3. The smallest absolute Gasteiger partial charge is 0.166 e. The van der Waals surface area contributed by atoms with Gasteiger partial charge in [0.25, 0.3) is 0 Å².